The summed E-state index contributed by atoms with van der Waals surface area (Å²) < 4.78 is 8.81. The smallest absolute Gasteiger partial charge is 0.330 e. The quantitative estimate of drug-likeness (QED) is 0.168. The largest absolute Gasteiger partial charge is 0.480 e. The van der Waals surface area contributed by atoms with Crippen LogP contribution in [0.3, 0.4) is 0 Å². The predicted octanol–water partition coefficient (Wildman–Crippen LogP) is -2.38. The molecule has 0 spiro atoms. The summed E-state index contributed by atoms with van der Waals surface area (Å²) >= 11 is 0. The molecule has 0 aliphatic heterocycles. The zero-order chi connectivity index (χ0) is 21.9. The maximum absolute atomic E-state index is 11.6. The molecule has 0 rings (SSSR count). The lowest BCUT2D eigenvalue weighted by atomic mass is 10.1. The summed E-state index contributed by atoms with van der Waals surface area (Å²) in [4.78, 5) is 66.9. The average molecular weight is 405 g/mol. The number of ether oxygens (including phenoxy) is 2. The number of hydrogen-bond donors (Lipinski definition) is 5. The molecule has 0 heterocycles. The predicted molar refractivity (Wildman–Crippen MR) is 89.1 cm³/mol. The van der Waals surface area contributed by atoms with Crippen molar-refractivity contribution in [2.24, 2.45) is 17.2 Å². The standard InChI is InChI=1S/C15H23N3O10/c16-7(13(22)23)1-4-10(19)27-11(20)6-3-9(18)15(26)28-12(21)5-2-8(17)14(24)25/h7-9H,1-6,16-18H2,(H,22,23)(H,24,25)/t7?,8?,9-/m0/s1. The van der Waals surface area contributed by atoms with Crippen LogP contribution < -0.4 is 17.2 Å². The van der Waals surface area contributed by atoms with Crippen molar-refractivity contribution in [3.8, 4) is 0 Å². The molecular weight excluding hydrogens is 382 g/mol. The third kappa shape index (κ3) is 10.9. The Balaban J connectivity index is 4.15. The molecule has 0 amide bonds. The van der Waals surface area contributed by atoms with Crippen molar-refractivity contribution >= 4 is 35.8 Å². The summed E-state index contributed by atoms with van der Waals surface area (Å²) in [7, 11) is 0. The summed E-state index contributed by atoms with van der Waals surface area (Å²) in [6.07, 6.45) is -1.99. The zero-order valence-corrected chi connectivity index (χ0v) is 14.9. The molecule has 0 radical (unpaired) electrons. The molecule has 158 valence electrons. The van der Waals surface area contributed by atoms with Crippen LogP contribution in [0.1, 0.15) is 38.5 Å². The highest BCUT2D eigenvalue weighted by molar-refractivity contribution is 5.89. The number of esters is 4. The number of hydrogen-bond acceptors (Lipinski definition) is 11. The summed E-state index contributed by atoms with van der Waals surface area (Å²) in [5.74, 6) is -6.76. The molecule has 28 heavy (non-hydrogen) atoms. The van der Waals surface area contributed by atoms with Crippen LogP contribution in [0.25, 0.3) is 0 Å². The van der Waals surface area contributed by atoms with Crippen molar-refractivity contribution < 1.29 is 48.5 Å². The van der Waals surface area contributed by atoms with Gasteiger partial charge in [-0.25, -0.2) is 4.79 Å². The van der Waals surface area contributed by atoms with E-state index in [0.29, 0.717) is 0 Å². The van der Waals surface area contributed by atoms with Crippen LogP contribution in [0, 0.1) is 0 Å². The molecule has 13 nitrogen and oxygen atoms in total. The van der Waals surface area contributed by atoms with E-state index in [9.17, 15) is 28.8 Å². The van der Waals surface area contributed by atoms with E-state index in [-0.39, 0.29) is 25.7 Å². The Labute approximate surface area is 159 Å². The first-order valence-electron chi connectivity index (χ1n) is 8.14. The molecule has 0 saturated carbocycles. The first kappa shape index (κ1) is 25.1. The van der Waals surface area contributed by atoms with Crippen LogP contribution in [-0.2, 0) is 38.2 Å². The normalized spacial score (nSPS) is 13.7. The van der Waals surface area contributed by atoms with Crippen LogP contribution >= 0.6 is 0 Å². The van der Waals surface area contributed by atoms with E-state index < -0.39 is 66.8 Å². The molecule has 0 saturated heterocycles. The maximum atomic E-state index is 11.6. The van der Waals surface area contributed by atoms with Gasteiger partial charge in [-0.2, -0.15) is 0 Å². The van der Waals surface area contributed by atoms with Gasteiger partial charge in [0, 0.05) is 19.3 Å². The number of carboxylic acid groups (broad SMARTS) is 2. The second-order valence-corrected chi connectivity index (χ2v) is 5.75. The minimum Gasteiger partial charge on any atom is -0.480 e. The molecule has 0 aliphatic carbocycles. The fraction of sp³-hybridized carbons (Fsp3) is 0.600. The highest BCUT2D eigenvalue weighted by atomic mass is 16.6. The number of aliphatic carboxylic acids is 2. The molecule has 2 unspecified atom stereocenters. The van der Waals surface area contributed by atoms with E-state index in [1.807, 2.05) is 0 Å². The van der Waals surface area contributed by atoms with Gasteiger partial charge in [-0.1, -0.05) is 0 Å². The summed E-state index contributed by atoms with van der Waals surface area (Å²) in [5, 5.41) is 17.1. The van der Waals surface area contributed by atoms with Crippen LogP contribution in [-0.4, -0.2) is 64.2 Å². The van der Waals surface area contributed by atoms with Crippen molar-refractivity contribution in [2.45, 2.75) is 56.7 Å². The summed E-state index contributed by atoms with van der Waals surface area (Å²) in [6, 6.07) is -3.91. The number of carbonyl (C=O) groups excluding carboxylic acids is 4. The van der Waals surface area contributed by atoms with Gasteiger partial charge in [0.05, 0.1) is 0 Å². The Morgan fingerprint density at radius 3 is 1.29 bits per heavy atom. The lowest BCUT2D eigenvalue weighted by molar-refractivity contribution is -0.160. The summed E-state index contributed by atoms with van der Waals surface area (Å²) in [6.45, 7) is 0. The van der Waals surface area contributed by atoms with Crippen LogP contribution in [0.4, 0.5) is 0 Å². The Kier molecular flexibility index (Phi) is 11.2. The topological polar surface area (TPSA) is 239 Å². The fourth-order valence-corrected chi connectivity index (χ4v) is 1.65. The Morgan fingerprint density at radius 2 is 0.929 bits per heavy atom. The summed E-state index contributed by atoms with van der Waals surface area (Å²) in [5.41, 5.74) is 15.9. The van der Waals surface area contributed by atoms with E-state index in [0.717, 1.165) is 0 Å². The highest BCUT2D eigenvalue weighted by Gasteiger charge is 2.22. The first-order chi connectivity index (χ1) is 12.9. The Morgan fingerprint density at radius 1 is 0.607 bits per heavy atom. The van der Waals surface area contributed by atoms with Gasteiger partial charge in [0.1, 0.15) is 18.1 Å². The monoisotopic (exact) mass is 405 g/mol. The van der Waals surface area contributed by atoms with E-state index in [1.54, 1.807) is 0 Å². The molecule has 0 aromatic heterocycles. The number of nitrogens with two attached hydrogens (primary N) is 3. The van der Waals surface area contributed by atoms with Gasteiger partial charge >= 0.3 is 35.8 Å². The first-order valence-corrected chi connectivity index (χ1v) is 8.14. The molecule has 3 atom stereocenters. The van der Waals surface area contributed by atoms with E-state index in [2.05, 4.69) is 9.47 Å². The number of carboxylic acids is 2. The van der Waals surface area contributed by atoms with Gasteiger partial charge in [0.2, 0.25) is 0 Å². The minimum atomic E-state index is -1.36. The molecule has 13 heteroatoms. The van der Waals surface area contributed by atoms with E-state index >= 15 is 0 Å². The third-order valence-corrected chi connectivity index (χ3v) is 3.36. The van der Waals surface area contributed by atoms with Gasteiger partial charge in [0.25, 0.3) is 0 Å². The second-order valence-electron chi connectivity index (χ2n) is 5.75. The lowest BCUT2D eigenvalue weighted by Gasteiger charge is -2.11. The van der Waals surface area contributed by atoms with Crippen LogP contribution in [0.2, 0.25) is 0 Å². The highest BCUT2D eigenvalue weighted by Crippen LogP contribution is 2.04. The van der Waals surface area contributed by atoms with Gasteiger partial charge in [-0.05, 0) is 19.3 Å². The number of carbonyl (C=O) groups is 6. The zero-order valence-electron chi connectivity index (χ0n) is 14.9. The lowest BCUT2D eigenvalue weighted by Crippen LogP contribution is -2.35. The van der Waals surface area contributed by atoms with E-state index in [1.165, 1.54) is 0 Å². The third-order valence-electron chi connectivity index (χ3n) is 3.36. The van der Waals surface area contributed by atoms with Crippen LogP contribution in [0.15, 0.2) is 0 Å². The van der Waals surface area contributed by atoms with Crippen molar-refractivity contribution in [3.05, 3.63) is 0 Å². The maximum Gasteiger partial charge on any atom is 0.330 e. The van der Waals surface area contributed by atoms with E-state index in [4.69, 9.17) is 27.4 Å². The molecule has 0 aromatic carbocycles. The van der Waals surface area contributed by atoms with Gasteiger partial charge < -0.3 is 36.9 Å². The second kappa shape index (κ2) is 12.5. The molecule has 0 bridgehead atoms. The molecular formula is C15H23N3O10. The van der Waals surface area contributed by atoms with Crippen molar-refractivity contribution in [2.75, 3.05) is 0 Å². The van der Waals surface area contributed by atoms with Crippen LogP contribution in [0.5, 0.6) is 0 Å². The van der Waals surface area contributed by atoms with Crippen molar-refractivity contribution in [1.82, 2.24) is 0 Å². The molecule has 0 aromatic rings. The van der Waals surface area contributed by atoms with Gasteiger partial charge in [-0.15, -0.1) is 0 Å². The van der Waals surface area contributed by atoms with Gasteiger partial charge in [-0.3, -0.25) is 24.0 Å². The van der Waals surface area contributed by atoms with Gasteiger partial charge in [0.15, 0.2) is 0 Å². The number of rotatable bonds is 12. The van der Waals surface area contributed by atoms with Crippen molar-refractivity contribution in [1.29, 1.82) is 0 Å². The molecule has 0 fully saturated rings. The molecule has 0 aliphatic rings. The van der Waals surface area contributed by atoms with Crippen molar-refractivity contribution in [3.63, 3.8) is 0 Å². The Hall–Kier alpha value is -2.90. The Bertz CT molecular complexity index is 621. The fourth-order valence-electron chi connectivity index (χ4n) is 1.65. The SMILES string of the molecule is NC(CCC(=O)OC(=O)CC[C@H](N)C(=O)OC(=O)CCC(N)C(=O)O)C(=O)O. The average Bonchev–Trinajstić information content (AvgIpc) is 2.61. The molecule has 8 N–H and O–H groups in total. The minimum absolute atomic E-state index is 0.221.